The van der Waals surface area contributed by atoms with Gasteiger partial charge in [-0.25, -0.2) is 35.5 Å². The lowest BCUT2D eigenvalue weighted by Crippen LogP contribution is -2.35. The number of H-pyrrole nitrogens is 1. The zero-order valence-corrected chi connectivity index (χ0v) is 21.7. The van der Waals surface area contributed by atoms with E-state index in [1.54, 1.807) is 31.4 Å². The second-order valence-electron chi connectivity index (χ2n) is 9.41. The van der Waals surface area contributed by atoms with Gasteiger partial charge in [-0.2, -0.15) is 0 Å². The zero-order chi connectivity index (χ0) is 25.5. The number of hydrogen-bond donors (Lipinski definition) is 2. The Kier molecular flexibility index (Phi) is 6.62. The number of fused-ring (bicyclic) bond motifs is 3. The Morgan fingerprint density at radius 1 is 1.11 bits per heavy atom. The smallest absolute Gasteiger partial charge is 0.269 e. The minimum Gasteiger partial charge on any atom is -0.384 e. The molecule has 192 valence electrons. The topological polar surface area (TPSA) is 136 Å². The molecule has 1 aromatic carbocycles. The van der Waals surface area contributed by atoms with Gasteiger partial charge in [0.05, 0.1) is 28.9 Å². The number of pyridine rings is 1. The summed E-state index contributed by atoms with van der Waals surface area (Å²) in [6.45, 7) is 0.702. The fourth-order valence-electron chi connectivity index (χ4n) is 5.12. The molecule has 0 spiro atoms. The van der Waals surface area contributed by atoms with Gasteiger partial charge in [0.15, 0.2) is 5.65 Å². The maximum absolute atomic E-state index is 13.2. The van der Waals surface area contributed by atoms with E-state index in [-0.39, 0.29) is 16.5 Å². The third kappa shape index (κ3) is 4.77. The van der Waals surface area contributed by atoms with E-state index in [4.69, 9.17) is 9.72 Å². The van der Waals surface area contributed by atoms with Crippen LogP contribution in [0.4, 0.5) is 0 Å². The summed E-state index contributed by atoms with van der Waals surface area (Å²) >= 11 is 0. The largest absolute Gasteiger partial charge is 0.384 e. The highest BCUT2D eigenvalue weighted by Gasteiger charge is 2.33. The first kappa shape index (κ1) is 24.9. The number of rotatable bonds is 8. The predicted octanol–water partition coefficient (Wildman–Crippen LogP) is 3.19. The number of benzene rings is 1. The number of methoxy groups -OCH3 is 1. The minimum atomic E-state index is -3.84. The number of aromatic amines is 1. The van der Waals surface area contributed by atoms with Gasteiger partial charge in [-0.3, -0.25) is 0 Å². The van der Waals surface area contributed by atoms with E-state index < -0.39 is 26.1 Å². The first-order chi connectivity index (χ1) is 17.2. The Hall–Kier alpha value is -2.80. The van der Waals surface area contributed by atoms with Gasteiger partial charge in [0.1, 0.15) is 11.3 Å². The van der Waals surface area contributed by atoms with Crippen LogP contribution in [0.2, 0.25) is 0 Å². The number of sulfonamides is 1. The van der Waals surface area contributed by atoms with Crippen molar-refractivity contribution in [3.05, 3.63) is 54.6 Å². The molecule has 2 N–H and O–H groups in total. The van der Waals surface area contributed by atoms with Crippen LogP contribution >= 0.6 is 0 Å². The molecule has 0 bridgehead atoms. The number of ether oxygens (including phenoxy) is 1. The Morgan fingerprint density at radius 2 is 1.83 bits per heavy atom. The molecular weight excluding hydrogens is 502 g/mol. The number of nitrogens with one attached hydrogen (secondary N) is 2. The molecule has 1 atom stereocenters. The van der Waals surface area contributed by atoms with Crippen molar-refractivity contribution in [1.82, 2.24) is 23.6 Å². The predicted molar refractivity (Wildman–Crippen MR) is 136 cm³/mol. The molecule has 10 nitrogen and oxygen atoms in total. The van der Waals surface area contributed by atoms with Gasteiger partial charge >= 0.3 is 0 Å². The van der Waals surface area contributed by atoms with E-state index in [9.17, 15) is 16.8 Å². The highest BCUT2D eigenvalue weighted by atomic mass is 32.2. The summed E-state index contributed by atoms with van der Waals surface area (Å²) in [7, 11) is -5.65. The van der Waals surface area contributed by atoms with Crippen LogP contribution in [0.1, 0.15) is 37.5 Å². The van der Waals surface area contributed by atoms with Crippen molar-refractivity contribution in [1.29, 1.82) is 0 Å². The molecule has 0 amide bonds. The number of aromatic nitrogens is 4. The summed E-state index contributed by atoms with van der Waals surface area (Å²) in [6.07, 6.45) is 7.75. The zero-order valence-electron chi connectivity index (χ0n) is 20.1. The lowest BCUT2D eigenvalue weighted by Gasteiger charge is -2.32. The molecule has 1 unspecified atom stereocenters. The quantitative estimate of drug-likeness (QED) is 0.356. The van der Waals surface area contributed by atoms with E-state index in [1.807, 2.05) is 0 Å². The maximum atomic E-state index is 13.2. The van der Waals surface area contributed by atoms with Crippen LogP contribution in [0.25, 0.3) is 22.1 Å². The lowest BCUT2D eigenvalue weighted by atomic mass is 9.79. The summed E-state index contributed by atoms with van der Waals surface area (Å²) < 4.78 is 60.1. The molecule has 4 aromatic rings. The van der Waals surface area contributed by atoms with E-state index in [0.29, 0.717) is 34.8 Å². The van der Waals surface area contributed by atoms with E-state index >= 15 is 0 Å². The van der Waals surface area contributed by atoms with Crippen molar-refractivity contribution in [2.24, 2.45) is 11.8 Å². The lowest BCUT2D eigenvalue weighted by molar-refractivity contribution is 0.112. The van der Waals surface area contributed by atoms with Crippen molar-refractivity contribution in [2.45, 2.75) is 36.6 Å². The first-order valence-corrected chi connectivity index (χ1v) is 15.1. The molecule has 5 rings (SSSR count). The molecular formula is C24H29N5O5S2. The number of imidazole rings is 1. The SMILES string of the molecule is COCC1CCC(C(NS(C)(=O)=O)c2nc3c(cnc4c3ccn4S(=O)(=O)c3ccccc3)[nH]2)CC1. The van der Waals surface area contributed by atoms with Crippen LogP contribution in [-0.2, 0) is 24.8 Å². The summed E-state index contributed by atoms with van der Waals surface area (Å²) in [5, 5.41) is 0.566. The maximum Gasteiger partial charge on any atom is 0.269 e. The fraction of sp³-hybridized carbons (Fsp3) is 0.417. The third-order valence-electron chi connectivity index (χ3n) is 6.85. The molecule has 3 heterocycles. The highest BCUT2D eigenvalue weighted by Crippen LogP contribution is 2.37. The summed E-state index contributed by atoms with van der Waals surface area (Å²) in [6, 6.07) is 9.31. The molecule has 0 aliphatic heterocycles. The average Bonchev–Trinajstić information content (AvgIpc) is 3.48. The molecule has 0 radical (unpaired) electrons. The van der Waals surface area contributed by atoms with Gasteiger partial charge in [-0.15, -0.1) is 0 Å². The molecule has 1 aliphatic carbocycles. The van der Waals surface area contributed by atoms with Crippen LogP contribution in [0, 0.1) is 11.8 Å². The van der Waals surface area contributed by atoms with Gasteiger partial charge in [-0.05, 0) is 55.7 Å². The summed E-state index contributed by atoms with van der Waals surface area (Å²) in [4.78, 5) is 12.6. The van der Waals surface area contributed by atoms with Crippen molar-refractivity contribution in [3.63, 3.8) is 0 Å². The first-order valence-electron chi connectivity index (χ1n) is 11.8. The molecule has 0 saturated heterocycles. The highest BCUT2D eigenvalue weighted by molar-refractivity contribution is 7.90. The standard InChI is InChI=1S/C24H29N5O5S2/c1-34-15-16-8-10-17(11-9-16)21(28-35(2,30)31)23-26-20-14-25-24-19(22(20)27-23)12-13-29(24)36(32,33)18-6-4-3-5-7-18/h3-7,12-14,16-17,21,28H,8-11,15H2,1-2H3,(H,26,27). The van der Waals surface area contributed by atoms with Crippen LogP contribution < -0.4 is 4.72 Å². The van der Waals surface area contributed by atoms with Gasteiger partial charge in [0.2, 0.25) is 10.0 Å². The monoisotopic (exact) mass is 531 g/mol. The van der Waals surface area contributed by atoms with E-state index in [2.05, 4.69) is 14.7 Å². The van der Waals surface area contributed by atoms with Crippen LogP contribution in [0.3, 0.4) is 0 Å². The van der Waals surface area contributed by atoms with Gasteiger partial charge < -0.3 is 9.72 Å². The molecule has 1 aliphatic rings. The van der Waals surface area contributed by atoms with E-state index in [0.717, 1.165) is 35.9 Å². The minimum absolute atomic E-state index is 0.0694. The Balaban J connectivity index is 1.54. The number of nitrogens with zero attached hydrogens (tertiary/aromatic N) is 3. The Labute approximate surface area is 210 Å². The Bertz CT molecular complexity index is 1590. The van der Waals surface area contributed by atoms with Crippen molar-refractivity contribution >= 4 is 42.1 Å². The second-order valence-corrected chi connectivity index (χ2v) is 13.0. The van der Waals surface area contributed by atoms with Crippen molar-refractivity contribution < 1.29 is 21.6 Å². The molecule has 36 heavy (non-hydrogen) atoms. The normalized spacial score (nSPS) is 20.2. The van der Waals surface area contributed by atoms with Crippen LogP contribution in [0.5, 0.6) is 0 Å². The molecule has 1 fully saturated rings. The average molecular weight is 532 g/mol. The second kappa shape index (κ2) is 9.58. The van der Waals surface area contributed by atoms with Crippen LogP contribution in [0.15, 0.2) is 53.7 Å². The van der Waals surface area contributed by atoms with Crippen molar-refractivity contribution in [2.75, 3.05) is 20.0 Å². The Morgan fingerprint density at radius 3 is 2.50 bits per heavy atom. The molecule has 3 aromatic heterocycles. The van der Waals surface area contributed by atoms with E-state index in [1.165, 1.54) is 24.5 Å². The van der Waals surface area contributed by atoms with Crippen molar-refractivity contribution in [3.8, 4) is 0 Å². The van der Waals surface area contributed by atoms with Gasteiger partial charge in [-0.1, -0.05) is 18.2 Å². The van der Waals surface area contributed by atoms with Crippen LogP contribution in [-0.4, -0.2) is 55.7 Å². The fourth-order valence-corrected chi connectivity index (χ4v) is 7.21. The summed E-state index contributed by atoms with van der Waals surface area (Å²) in [5.74, 6) is 1.04. The molecule has 1 saturated carbocycles. The molecule has 12 heteroatoms. The van der Waals surface area contributed by atoms with Gasteiger partial charge in [0, 0.05) is 25.3 Å². The number of hydrogen-bond acceptors (Lipinski definition) is 7. The summed E-state index contributed by atoms with van der Waals surface area (Å²) in [5.41, 5.74) is 1.42. The third-order valence-corrected chi connectivity index (χ3v) is 9.21. The van der Waals surface area contributed by atoms with Gasteiger partial charge in [0.25, 0.3) is 10.0 Å².